The highest BCUT2D eigenvalue weighted by Gasteiger charge is 2.52. The van der Waals surface area contributed by atoms with Crippen molar-refractivity contribution in [3.05, 3.63) is 40.3 Å². The maximum absolute atomic E-state index is 14.0. The zero-order chi connectivity index (χ0) is 31.0. The predicted octanol–water partition coefficient (Wildman–Crippen LogP) is 4.48. The maximum atomic E-state index is 14.0. The zero-order valence-electron chi connectivity index (χ0n) is 22.0. The van der Waals surface area contributed by atoms with Gasteiger partial charge >= 0.3 is 31.2 Å². The Morgan fingerprint density at radius 2 is 1.64 bits per heavy atom. The van der Waals surface area contributed by atoms with Gasteiger partial charge in [-0.2, -0.15) is 43.2 Å². The summed E-state index contributed by atoms with van der Waals surface area (Å²) in [4.78, 5) is 7.84. The van der Waals surface area contributed by atoms with Gasteiger partial charge in [-0.05, 0) is 50.5 Å². The molecule has 42 heavy (non-hydrogen) atoms. The summed E-state index contributed by atoms with van der Waals surface area (Å²) >= 11 is 0.734. The van der Waals surface area contributed by atoms with Gasteiger partial charge in [0.1, 0.15) is 0 Å². The number of halogens is 6. The highest BCUT2D eigenvalue weighted by Crippen LogP contribution is 2.44. The average Bonchev–Trinajstić information content (AvgIpc) is 3.50. The molecule has 1 fully saturated rings. The summed E-state index contributed by atoms with van der Waals surface area (Å²) in [6.45, 7) is 4.26. The number of benzene rings is 1. The molecule has 1 aromatic carbocycles. The second-order valence-electron chi connectivity index (χ2n) is 9.90. The average molecular weight is 660 g/mol. The summed E-state index contributed by atoms with van der Waals surface area (Å²) < 4.78 is 136. The van der Waals surface area contributed by atoms with Gasteiger partial charge in [-0.3, -0.25) is 4.90 Å². The topological polar surface area (TPSA) is 114 Å². The number of imidazole rings is 1. The fraction of sp³-hybridized carbons (Fsp3) is 0.435. The largest absolute Gasteiger partial charge is 0.534 e. The van der Waals surface area contributed by atoms with Gasteiger partial charge in [0.05, 0.1) is 27.2 Å². The second-order valence-corrected chi connectivity index (χ2v) is 14.1. The van der Waals surface area contributed by atoms with Crippen LogP contribution in [0.3, 0.4) is 0 Å². The fourth-order valence-corrected chi connectivity index (χ4v) is 7.26. The molecule has 3 aromatic rings. The SMILES string of the molecule is C[C@@H]1CN(c2ccc3nc(C4=C(OS(=O)(=O)C(F)(F)F)c5sccc5NC4)n(S(=O)(=O)C(F)(F)F)c3c2)C[C@H](C)N1C. The van der Waals surface area contributed by atoms with E-state index in [1.54, 1.807) is 6.07 Å². The lowest BCUT2D eigenvalue weighted by atomic mass is 10.1. The quantitative estimate of drug-likeness (QED) is 0.241. The van der Waals surface area contributed by atoms with E-state index >= 15 is 0 Å². The Balaban J connectivity index is 1.78. The van der Waals surface area contributed by atoms with Gasteiger partial charge in [-0.15, -0.1) is 11.3 Å². The lowest BCUT2D eigenvalue weighted by Gasteiger charge is -2.43. The second kappa shape index (κ2) is 10.0. The standard InChI is InChI=1S/C23H23F6N5O5S3/c1-12-10-33(11-13(2)32(12)3)14-4-5-16-18(8-14)34(41(35,36)22(24,25)26)21(31-16)15-9-30-17-6-7-40-20(17)19(15)39-42(37,38)23(27,28)29/h4-8,12-13,30H,9-11H2,1-3H3/t12-,13+. The van der Waals surface area contributed by atoms with E-state index in [1.165, 1.54) is 23.6 Å². The van der Waals surface area contributed by atoms with Crippen LogP contribution in [0.15, 0.2) is 29.6 Å². The highest BCUT2D eigenvalue weighted by molar-refractivity contribution is 7.91. The zero-order valence-corrected chi connectivity index (χ0v) is 24.4. The molecule has 1 saturated heterocycles. The molecule has 2 aromatic heterocycles. The van der Waals surface area contributed by atoms with Crippen molar-refractivity contribution in [3.8, 4) is 0 Å². The summed E-state index contributed by atoms with van der Waals surface area (Å²) in [5.41, 5.74) is -12.6. The van der Waals surface area contributed by atoms with E-state index in [0.717, 1.165) is 11.3 Å². The normalized spacial score (nSPS) is 21.0. The van der Waals surface area contributed by atoms with Gasteiger partial charge in [-0.25, -0.2) is 8.96 Å². The van der Waals surface area contributed by atoms with Crippen LogP contribution in [0.25, 0.3) is 22.4 Å². The molecule has 2 aliphatic heterocycles. The lowest BCUT2D eigenvalue weighted by Crippen LogP contribution is -2.55. The van der Waals surface area contributed by atoms with Crippen LogP contribution in [0.1, 0.15) is 24.5 Å². The summed E-state index contributed by atoms with van der Waals surface area (Å²) in [6, 6.07) is 5.55. The number of thiophene rings is 1. The number of anilines is 2. The molecule has 10 nitrogen and oxygen atoms in total. The first-order chi connectivity index (χ1) is 19.3. The first kappa shape index (κ1) is 30.4. The van der Waals surface area contributed by atoms with Crippen LogP contribution >= 0.6 is 11.3 Å². The smallest absolute Gasteiger partial charge is 0.379 e. The molecule has 230 valence electrons. The third-order valence-electron chi connectivity index (χ3n) is 7.20. The molecule has 0 amide bonds. The van der Waals surface area contributed by atoms with Crippen molar-refractivity contribution in [2.45, 2.75) is 36.9 Å². The van der Waals surface area contributed by atoms with Crippen LogP contribution in [0, 0.1) is 0 Å². The molecule has 0 unspecified atom stereocenters. The van der Waals surface area contributed by atoms with E-state index in [2.05, 4.69) is 19.4 Å². The number of hydrogen-bond acceptors (Lipinski definition) is 10. The van der Waals surface area contributed by atoms with Crippen molar-refractivity contribution in [1.29, 1.82) is 0 Å². The maximum Gasteiger partial charge on any atom is 0.534 e. The number of aromatic nitrogens is 2. The Morgan fingerprint density at radius 3 is 2.24 bits per heavy atom. The number of piperazine rings is 1. The summed E-state index contributed by atoms with van der Waals surface area (Å²) in [5.74, 6) is -1.93. The molecule has 0 saturated carbocycles. The molecule has 0 bridgehead atoms. The van der Waals surface area contributed by atoms with Crippen molar-refractivity contribution >= 4 is 65.2 Å². The van der Waals surface area contributed by atoms with Crippen LogP contribution in [-0.4, -0.2) is 80.5 Å². The molecule has 2 atom stereocenters. The van der Waals surface area contributed by atoms with Crippen molar-refractivity contribution in [1.82, 2.24) is 13.9 Å². The van der Waals surface area contributed by atoms with Gasteiger partial charge in [0.25, 0.3) is 0 Å². The Morgan fingerprint density at radius 1 is 1.00 bits per heavy atom. The third kappa shape index (κ3) is 4.98. The number of fused-ring (bicyclic) bond motifs is 2. The Labute approximate surface area is 240 Å². The number of rotatable bonds is 5. The van der Waals surface area contributed by atoms with Gasteiger partial charge in [0.2, 0.25) is 0 Å². The summed E-state index contributed by atoms with van der Waals surface area (Å²) in [6.07, 6.45) is 0. The predicted molar refractivity (Wildman–Crippen MR) is 145 cm³/mol. The fourth-order valence-electron chi connectivity index (χ4n) is 4.84. The van der Waals surface area contributed by atoms with Crippen LogP contribution < -0.4 is 10.2 Å². The van der Waals surface area contributed by atoms with Crippen LogP contribution in [0.2, 0.25) is 0 Å². The van der Waals surface area contributed by atoms with Crippen molar-refractivity contribution in [2.75, 3.05) is 36.9 Å². The Kier molecular flexibility index (Phi) is 7.26. The Hall–Kier alpha value is -3.03. The number of nitrogens with zero attached hydrogens (tertiary/aromatic N) is 4. The molecule has 2 aliphatic rings. The van der Waals surface area contributed by atoms with Gasteiger partial charge in [0.15, 0.2) is 11.6 Å². The van der Waals surface area contributed by atoms with E-state index in [9.17, 15) is 43.2 Å². The molecule has 5 rings (SSSR count). The Bertz CT molecular complexity index is 1780. The number of likely N-dealkylation sites (N-methyl/N-ethyl adjacent to an activating group) is 1. The van der Waals surface area contributed by atoms with Crippen molar-refractivity contribution in [3.63, 3.8) is 0 Å². The molecular weight excluding hydrogens is 636 g/mol. The molecule has 1 N–H and O–H groups in total. The van der Waals surface area contributed by atoms with E-state index in [0.29, 0.717) is 18.8 Å². The van der Waals surface area contributed by atoms with E-state index in [-0.39, 0.29) is 32.1 Å². The minimum atomic E-state index is -6.30. The third-order valence-corrected chi connectivity index (χ3v) is 10.5. The number of alkyl halides is 6. The minimum Gasteiger partial charge on any atom is -0.379 e. The molecular formula is C23H23F6N5O5S3. The summed E-state index contributed by atoms with van der Waals surface area (Å²) in [7, 11) is -10.6. The van der Waals surface area contributed by atoms with E-state index in [1.807, 2.05) is 25.8 Å². The van der Waals surface area contributed by atoms with E-state index in [4.69, 9.17) is 0 Å². The van der Waals surface area contributed by atoms with E-state index < -0.39 is 60.4 Å². The molecule has 0 spiro atoms. The van der Waals surface area contributed by atoms with Crippen LogP contribution in [0.5, 0.6) is 0 Å². The molecule has 4 heterocycles. The van der Waals surface area contributed by atoms with Gasteiger partial charge < -0.3 is 14.4 Å². The molecule has 0 radical (unpaired) electrons. The summed E-state index contributed by atoms with van der Waals surface area (Å²) in [5, 5.41) is 4.12. The lowest BCUT2D eigenvalue weighted by molar-refractivity contribution is -0.0509. The van der Waals surface area contributed by atoms with Crippen LogP contribution in [0.4, 0.5) is 37.7 Å². The van der Waals surface area contributed by atoms with Crippen LogP contribution in [-0.2, 0) is 24.3 Å². The molecule has 19 heteroatoms. The minimum absolute atomic E-state index is 0.0533. The highest BCUT2D eigenvalue weighted by atomic mass is 32.2. The first-order valence-electron chi connectivity index (χ1n) is 12.2. The van der Waals surface area contributed by atoms with Gasteiger partial charge in [-0.1, -0.05) is 0 Å². The monoisotopic (exact) mass is 659 g/mol. The molecule has 0 aliphatic carbocycles. The van der Waals surface area contributed by atoms with Crippen molar-refractivity contribution < 1.29 is 47.4 Å². The number of hydrogen-bond donors (Lipinski definition) is 1. The first-order valence-corrected chi connectivity index (χ1v) is 15.9. The van der Waals surface area contributed by atoms with Gasteiger partial charge in [0, 0.05) is 37.4 Å². The number of nitrogens with one attached hydrogen (secondary N) is 1. The van der Waals surface area contributed by atoms with Crippen molar-refractivity contribution in [2.24, 2.45) is 0 Å².